The van der Waals surface area contributed by atoms with E-state index in [4.69, 9.17) is 0 Å². The Hall–Kier alpha value is -3.26. The van der Waals surface area contributed by atoms with Gasteiger partial charge in [-0.3, -0.25) is 9.59 Å². The quantitative estimate of drug-likeness (QED) is 0.240. The van der Waals surface area contributed by atoms with Crippen molar-refractivity contribution >= 4 is 17.6 Å². The first-order valence-electron chi connectivity index (χ1n) is 13.4. The Balaban J connectivity index is 0.00000176. The third-order valence-corrected chi connectivity index (χ3v) is 7.35. The van der Waals surface area contributed by atoms with Gasteiger partial charge >= 0.3 is 0 Å². The van der Waals surface area contributed by atoms with Gasteiger partial charge in [0.1, 0.15) is 0 Å². The molecule has 2 aliphatic rings. The van der Waals surface area contributed by atoms with Gasteiger partial charge in [0.05, 0.1) is 0 Å². The molecule has 2 aromatic rings. The van der Waals surface area contributed by atoms with Crippen LogP contribution in [0.5, 0.6) is 0 Å². The van der Waals surface area contributed by atoms with E-state index in [1.807, 2.05) is 32.1 Å². The van der Waals surface area contributed by atoms with Crippen molar-refractivity contribution in [2.75, 3.05) is 0 Å². The lowest BCUT2D eigenvalue weighted by atomic mass is 9.69. The zero-order valence-electron chi connectivity index (χ0n) is 21.9. The van der Waals surface area contributed by atoms with E-state index in [1.54, 1.807) is 6.08 Å². The third-order valence-electron chi connectivity index (χ3n) is 7.35. The van der Waals surface area contributed by atoms with Gasteiger partial charge in [-0.1, -0.05) is 93.8 Å². The molecule has 0 N–H and O–H groups in total. The first-order chi connectivity index (χ1) is 17.6. The fraction of sp³-hybridized carbons (Fsp3) is 0.353. The van der Waals surface area contributed by atoms with Crippen LogP contribution in [0, 0.1) is 11.8 Å². The molecule has 0 amide bonds. The van der Waals surface area contributed by atoms with E-state index in [0.29, 0.717) is 5.92 Å². The van der Waals surface area contributed by atoms with Gasteiger partial charge in [-0.2, -0.15) is 0 Å². The average Bonchev–Trinajstić information content (AvgIpc) is 2.89. The van der Waals surface area contributed by atoms with Crippen molar-refractivity contribution in [2.24, 2.45) is 11.8 Å². The maximum atomic E-state index is 12.8. The van der Waals surface area contributed by atoms with Crippen molar-refractivity contribution in [2.45, 2.75) is 64.7 Å². The second-order valence-corrected chi connectivity index (χ2v) is 9.65. The van der Waals surface area contributed by atoms with E-state index < -0.39 is 0 Å². The van der Waals surface area contributed by atoms with Crippen LogP contribution in [0.25, 0.3) is 6.08 Å². The Morgan fingerprint density at radius 1 is 0.944 bits per heavy atom. The second kappa shape index (κ2) is 13.7. The topological polar surface area (TPSA) is 34.1 Å². The molecule has 2 aliphatic carbocycles. The molecule has 0 spiro atoms. The average molecular weight is 481 g/mol. The number of benzene rings is 2. The van der Waals surface area contributed by atoms with Crippen LogP contribution in [0.2, 0.25) is 0 Å². The molecule has 0 saturated heterocycles. The summed E-state index contributed by atoms with van der Waals surface area (Å²) in [6.45, 7) is 11.6. The number of ketones is 2. The molecule has 1 unspecified atom stereocenters. The van der Waals surface area contributed by atoms with Crippen LogP contribution in [-0.2, 0) is 22.4 Å². The Morgan fingerprint density at radius 2 is 1.69 bits per heavy atom. The SMILES string of the molecule is C=CC(=O)C1CC(CCC2C(=O)C=Cc3ccc(C/C(C=C)=C/CCc4ccccc4)cc32)C1.CC. The van der Waals surface area contributed by atoms with Crippen molar-refractivity contribution in [3.05, 3.63) is 114 Å². The summed E-state index contributed by atoms with van der Waals surface area (Å²) in [6, 6.07) is 17.1. The summed E-state index contributed by atoms with van der Waals surface area (Å²) < 4.78 is 0. The minimum Gasteiger partial charge on any atom is -0.295 e. The van der Waals surface area contributed by atoms with Crippen LogP contribution >= 0.6 is 0 Å². The van der Waals surface area contributed by atoms with E-state index in [1.165, 1.54) is 22.8 Å². The summed E-state index contributed by atoms with van der Waals surface area (Å²) in [5.41, 5.74) is 6.08. The molecule has 1 saturated carbocycles. The molecule has 1 atom stereocenters. The van der Waals surface area contributed by atoms with Gasteiger partial charge < -0.3 is 0 Å². The standard InChI is InChI=1S/C32H34O2.C2H6/c1-3-23(11-8-12-24-9-6-5-7-10-24)19-25-13-15-27-16-18-32(34)29(30(27)22-25)17-14-26-20-28(21-26)31(33)4-2;1-2/h3-7,9-11,13,15-16,18,22,26,28-29H,1-2,8,12,14,17,19-21H2;1-2H3/b23-11+;. The molecule has 0 aromatic heterocycles. The third kappa shape index (κ3) is 7.13. The number of carbonyl (C=O) groups excluding carboxylic acids is 2. The largest absolute Gasteiger partial charge is 0.295 e. The summed E-state index contributed by atoms with van der Waals surface area (Å²) in [5.74, 6) is 0.972. The zero-order valence-corrected chi connectivity index (χ0v) is 21.9. The summed E-state index contributed by atoms with van der Waals surface area (Å²) in [7, 11) is 0. The maximum Gasteiger partial charge on any atom is 0.163 e. The van der Waals surface area contributed by atoms with Gasteiger partial charge in [0, 0.05) is 11.8 Å². The molecule has 4 rings (SSSR count). The molecule has 2 aromatic carbocycles. The van der Waals surface area contributed by atoms with Crippen LogP contribution in [-0.4, -0.2) is 11.6 Å². The van der Waals surface area contributed by atoms with Crippen LogP contribution < -0.4 is 0 Å². The summed E-state index contributed by atoms with van der Waals surface area (Å²) >= 11 is 0. The number of allylic oxidation sites excluding steroid dienone is 5. The first kappa shape index (κ1) is 27.3. The Bertz CT molecular complexity index is 1110. The predicted octanol–water partition coefficient (Wildman–Crippen LogP) is 8.24. The molecule has 0 aliphatic heterocycles. The lowest BCUT2D eigenvalue weighted by molar-refractivity contribution is -0.122. The highest BCUT2D eigenvalue weighted by molar-refractivity contribution is 6.02. The second-order valence-electron chi connectivity index (χ2n) is 9.65. The number of hydrogen-bond donors (Lipinski definition) is 0. The molecule has 0 radical (unpaired) electrons. The molecule has 2 heteroatoms. The van der Waals surface area contributed by atoms with Crippen LogP contribution in [0.3, 0.4) is 0 Å². The maximum absolute atomic E-state index is 12.8. The number of carbonyl (C=O) groups is 2. The number of fused-ring (bicyclic) bond motifs is 1. The summed E-state index contributed by atoms with van der Waals surface area (Å²) in [6.07, 6.45) is 15.9. The van der Waals surface area contributed by atoms with Gasteiger partial charge in [0.25, 0.3) is 0 Å². The fourth-order valence-corrected chi connectivity index (χ4v) is 5.23. The molecular weight excluding hydrogens is 440 g/mol. The van der Waals surface area contributed by atoms with Gasteiger partial charge in [-0.05, 0) is 90.8 Å². The molecule has 2 nitrogen and oxygen atoms in total. The number of hydrogen-bond acceptors (Lipinski definition) is 2. The van der Waals surface area contributed by atoms with E-state index in [-0.39, 0.29) is 23.4 Å². The van der Waals surface area contributed by atoms with Crippen LogP contribution in [0.4, 0.5) is 0 Å². The van der Waals surface area contributed by atoms with Crippen molar-refractivity contribution in [1.82, 2.24) is 0 Å². The van der Waals surface area contributed by atoms with Crippen molar-refractivity contribution in [3.63, 3.8) is 0 Å². The fourth-order valence-electron chi connectivity index (χ4n) is 5.23. The van der Waals surface area contributed by atoms with Gasteiger partial charge in [-0.15, -0.1) is 0 Å². The van der Waals surface area contributed by atoms with E-state index in [2.05, 4.69) is 61.7 Å². The molecule has 188 valence electrons. The monoisotopic (exact) mass is 480 g/mol. The Labute approximate surface area is 217 Å². The molecule has 0 heterocycles. The van der Waals surface area contributed by atoms with E-state index in [0.717, 1.165) is 56.1 Å². The highest BCUT2D eigenvalue weighted by Crippen LogP contribution is 2.41. The van der Waals surface area contributed by atoms with Crippen molar-refractivity contribution in [1.29, 1.82) is 0 Å². The number of rotatable bonds is 11. The smallest absolute Gasteiger partial charge is 0.163 e. The van der Waals surface area contributed by atoms with Crippen LogP contribution in [0.1, 0.15) is 74.1 Å². The van der Waals surface area contributed by atoms with Crippen LogP contribution in [0.15, 0.2) is 91.6 Å². The highest BCUT2D eigenvalue weighted by Gasteiger charge is 2.34. The van der Waals surface area contributed by atoms with Crippen molar-refractivity contribution in [3.8, 4) is 0 Å². The Kier molecular flexibility index (Phi) is 10.4. The minimum absolute atomic E-state index is 0.0802. The normalized spacial score (nSPS) is 20.4. The predicted molar refractivity (Wildman–Crippen MR) is 152 cm³/mol. The molecule has 0 bridgehead atoms. The van der Waals surface area contributed by atoms with Gasteiger partial charge in [-0.25, -0.2) is 0 Å². The van der Waals surface area contributed by atoms with E-state index in [9.17, 15) is 9.59 Å². The molecule has 36 heavy (non-hydrogen) atoms. The summed E-state index contributed by atoms with van der Waals surface area (Å²) in [4.78, 5) is 24.5. The number of aryl methyl sites for hydroxylation is 1. The molecular formula is C34H40O2. The zero-order chi connectivity index (χ0) is 25.9. The summed E-state index contributed by atoms with van der Waals surface area (Å²) in [5, 5.41) is 0. The lowest BCUT2D eigenvalue weighted by Crippen LogP contribution is -2.30. The Morgan fingerprint density at radius 3 is 2.39 bits per heavy atom. The van der Waals surface area contributed by atoms with Crippen molar-refractivity contribution < 1.29 is 9.59 Å². The van der Waals surface area contributed by atoms with Gasteiger partial charge in [0.2, 0.25) is 0 Å². The molecule has 1 fully saturated rings. The highest BCUT2D eigenvalue weighted by atomic mass is 16.1. The first-order valence-corrected chi connectivity index (χ1v) is 13.4. The van der Waals surface area contributed by atoms with E-state index >= 15 is 0 Å². The minimum atomic E-state index is -0.0802. The lowest BCUT2D eigenvalue weighted by Gasteiger charge is -2.34. The van der Waals surface area contributed by atoms with Gasteiger partial charge in [0.15, 0.2) is 11.6 Å².